The largest absolute Gasteiger partial charge is 0.493 e. The van der Waals surface area contributed by atoms with Crippen LogP contribution >= 0.6 is 0 Å². The molecule has 2 aromatic rings. The molecule has 0 aliphatic heterocycles. The molecule has 2 amide bonds. The van der Waals surface area contributed by atoms with Crippen molar-refractivity contribution >= 4 is 11.8 Å². The number of methoxy groups -OCH3 is 3. The summed E-state index contributed by atoms with van der Waals surface area (Å²) in [6.45, 7) is 1.77. The molecule has 0 bridgehead atoms. The topological polar surface area (TPSA) is 85.9 Å². The molecule has 30 heavy (non-hydrogen) atoms. The van der Waals surface area contributed by atoms with Gasteiger partial charge in [-0.3, -0.25) is 9.59 Å². The zero-order valence-electron chi connectivity index (χ0n) is 17.2. The molecule has 0 aliphatic rings. The predicted octanol–water partition coefficient (Wildman–Crippen LogP) is 2.99. The minimum atomic E-state index is -0.965. The lowest BCUT2D eigenvalue weighted by atomic mass is 10.1. The fraction of sp³-hybridized carbons (Fsp3) is 0.333. The van der Waals surface area contributed by atoms with Crippen molar-refractivity contribution in [2.75, 3.05) is 27.9 Å². The average Bonchev–Trinajstić information content (AvgIpc) is 2.72. The highest BCUT2D eigenvalue weighted by atomic mass is 19.1. The maximum Gasteiger partial charge on any atom is 0.254 e. The van der Waals surface area contributed by atoms with Gasteiger partial charge < -0.3 is 24.8 Å². The zero-order chi connectivity index (χ0) is 22.3. The maximum absolute atomic E-state index is 13.6. The van der Waals surface area contributed by atoms with E-state index in [4.69, 9.17) is 14.2 Å². The minimum absolute atomic E-state index is 0.0105. The first kappa shape index (κ1) is 22.9. The predicted molar refractivity (Wildman–Crippen MR) is 106 cm³/mol. The van der Waals surface area contributed by atoms with Gasteiger partial charge in [0, 0.05) is 19.0 Å². The number of carbonyl (C=O) groups excluding carboxylic acids is 2. The molecule has 9 heteroatoms. The van der Waals surface area contributed by atoms with Gasteiger partial charge in [0.15, 0.2) is 11.5 Å². The fourth-order valence-electron chi connectivity index (χ4n) is 2.81. The molecule has 0 heterocycles. The van der Waals surface area contributed by atoms with E-state index in [0.717, 1.165) is 17.7 Å². The average molecular weight is 422 g/mol. The van der Waals surface area contributed by atoms with Crippen LogP contribution in [0, 0.1) is 11.6 Å². The molecule has 0 aromatic heterocycles. The van der Waals surface area contributed by atoms with Crippen molar-refractivity contribution in [3.8, 4) is 17.2 Å². The normalized spacial score (nSPS) is 11.4. The summed E-state index contributed by atoms with van der Waals surface area (Å²) in [4.78, 5) is 24.2. The van der Waals surface area contributed by atoms with E-state index < -0.39 is 17.5 Å². The van der Waals surface area contributed by atoms with Gasteiger partial charge in [-0.25, -0.2) is 8.78 Å². The Hall–Kier alpha value is -3.36. The number of hydrogen-bond donors (Lipinski definition) is 2. The van der Waals surface area contributed by atoms with Crippen molar-refractivity contribution in [2.24, 2.45) is 0 Å². The van der Waals surface area contributed by atoms with E-state index in [1.54, 1.807) is 19.1 Å². The smallest absolute Gasteiger partial charge is 0.254 e. The lowest BCUT2D eigenvalue weighted by Gasteiger charge is -2.19. The monoisotopic (exact) mass is 422 g/mol. The van der Waals surface area contributed by atoms with Crippen LogP contribution in [-0.2, 0) is 4.79 Å². The Morgan fingerprint density at radius 1 is 1.00 bits per heavy atom. The first-order chi connectivity index (χ1) is 14.3. The van der Waals surface area contributed by atoms with Crippen LogP contribution in [0.15, 0.2) is 30.3 Å². The summed E-state index contributed by atoms with van der Waals surface area (Å²) in [7, 11) is 4.49. The van der Waals surface area contributed by atoms with E-state index in [-0.39, 0.29) is 30.5 Å². The lowest BCUT2D eigenvalue weighted by Crippen LogP contribution is -2.32. The zero-order valence-corrected chi connectivity index (χ0v) is 17.2. The maximum atomic E-state index is 13.6. The summed E-state index contributed by atoms with van der Waals surface area (Å²) in [6.07, 6.45) is -0.0245. The molecule has 1 atom stereocenters. The van der Waals surface area contributed by atoms with Crippen LogP contribution in [0.1, 0.15) is 35.3 Å². The highest BCUT2D eigenvalue weighted by Crippen LogP contribution is 2.39. The summed E-state index contributed by atoms with van der Waals surface area (Å²) in [6, 6.07) is 5.74. The third kappa shape index (κ3) is 5.59. The molecule has 0 radical (unpaired) electrons. The van der Waals surface area contributed by atoms with E-state index in [2.05, 4.69) is 10.6 Å². The standard InChI is InChI=1S/C21H24F2N2O5/c1-12(13-9-17(28-2)20(30-4)18(10-13)29-3)25-19(26)7-8-24-21(27)15-6-5-14(22)11-16(15)23/h5-6,9-12H,7-8H2,1-4H3,(H,24,27)(H,25,26). The summed E-state index contributed by atoms with van der Waals surface area (Å²) in [5.41, 5.74) is 0.442. The van der Waals surface area contributed by atoms with Crippen LogP contribution in [0.5, 0.6) is 17.2 Å². The van der Waals surface area contributed by atoms with Crippen LogP contribution in [-0.4, -0.2) is 39.7 Å². The molecular weight excluding hydrogens is 398 g/mol. The van der Waals surface area contributed by atoms with E-state index in [0.29, 0.717) is 23.3 Å². The Kier molecular flexibility index (Phi) is 7.97. The van der Waals surface area contributed by atoms with Gasteiger partial charge in [-0.05, 0) is 36.8 Å². The highest BCUT2D eigenvalue weighted by Gasteiger charge is 2.18. The first-order valence-electron chi connectivity index (χ1n) is 9.13. The second-order valence-electron chi connectivity index (χ2n) is 6.38. The molecular formula is C21H24F2N2O5. The quantitative estimate of drug-likeness (QED) is 0.649. The number of amides is 2. The Labute approximate surface area is 173 Å². The van der Waals surface area contributed by atoms with Gasteiger partial charge in [0.1, 0.15) is 11.6 Å². The molecule has 2 aromatic carbocycles. The lowest BCUT2D eigenvalue weighted by molar-refractivity contribution is -0.121. The van der Waals surface area contributed by atoms with Gasteiger partial charge in [-0.2, -0.15) is 0 Å². The van der Waals surface area contributed by atoms with E-state index >= 15 is 0 Å². The molecule has 162 valence electrons. The molecule has 1 unspecified atom stereocenters. The molecule has 7 nitrogen and oxygen atoms in total. The molecule has 0 saturated heterocycles. The molecule has 0 spiro atoms. The minimum Gasteiger partial charge on any atom is -0.493 e. The molecule has 2 rings (SSSR count). The molecule has 0 saturated carbocycles. The number of halogens is 2. The van der Waals surface area contributed by atoms with Crippen LogP contribution in [0.4, 0.5) is 8.78 Å². The molecule has 0 fully saturated rings. The SMILES string of the molecule is COc1cc(C(C)NC(=O)CCNC(=O)c2ccc(F)cc2F)cc(OC)c1OC. The van der Waals surface area contributed by atoms with E-state index in [9.17, 15) is 18.4 Å². The van der Waals surface area contributed by atoms with Crippen LogP contribution < -0.4 is 24.8 Å². The van der Waals surface area contributed by atoms with Crippen LogP contribution in [0.3, 0.4) is 0 Å². The highest BCUT2D eigenvalue weighted by molar-refractivity contribution is 5.94. The Morgan fingerprint density at radius 2 is 1.63 bits per heavy atom. The van der Waals surface area contributed by atoms with Crippen molar-refractivity contribution in [1.82, 2.24) is 10.6 Å². The van der Waals surface area contributed by atoms with Gasteiger partial charge in [0.2, 0.25) is 11.7 Å². The van der Waals surface area contributed by atoms with Crippen molar-refractivity contribution in [2.45, 2.75) is 19.4 Å². The first-order valence-corrected chi connectivity index (χ1v) is 9.13. The summed E-state index contributed by atoms with van der Waals surface area (Å²) < 4.78 is 42.4. The Bertz CT molecular complexity index is 895. The number of hydrogen-bond acceptors (Lipinski definition) is 5. The van der Waals surface area contributed by atoms with Gasteiger partial charge in [0.25, 0.3) is 5.91 Å². The van der Waals surface area contributed by atoms with Gasteiger partial charge in [-0.15, -0.1) is 0 Å². The van der Waals surface area contributed by atoms with Gasteiger partial charge in [0.05, 0.1) is 32.9 Å². The Morgan fingerprint density at radius 3 is 2.17 bits per heavy atom. The van der Waals surface area contributed by atoms with Crippen LogP contribution in [0.25, 0.3) is 0 Å². The number of rotatable bonds is 9. The molecule has 0 aliphatic carbocycles. The van der Waals surface area contributed by atoms with Crippen molar-refractivity contribution < 1.29 is 32.6 Å². The number of benzene rings is 2. The Balaban J connectivity index is 1.94. The second-order valence-corrected chi connectivity index (χ2v) is 6.38. The fourth-order valence-corrected chi connectivity index (χ4v) is 2.81. The van der Waals surface area contributed by atoms with Crippen molar-refractivity contribution in [3.63, 3.8) is 0 Å². The third-order valence-electron chi connectivity index (χ3n) is 4.38. The van der Waals surface area contributed by atoms with E-state index in [1.807, 2.05) is 0 Å². The molecule has 2 N–H and O–H groups in total. The number of nitrogens with one attached hydrogen (secondary N) is 2. The summed E-state index contributed by atoms with van der Waals surface area (Å²) >= 11 is 0. The van der Waals surface area contributed by atoms with Crippen molar-refractivity contribution in [3.05, 3.63) is 53.1 Å². The number of carbonyl (C=O) groups is 2. The van der Waals surface area contributed by atoms with Crippen molar-refractivity contribution in [1.29, 1.82) is 0 Å². The van der Waals surface area contributed by atoms with Gasteiger partial charge in [-0.1, -0.05) is 0 Å². The van der Waals surface area contributed by atoms with Crippen LogP contribution in [0.2, 0.25) is 0 Å². The summed E-state index contributed by atoms with van der Waals surface area (Å²) in [5.74, 6) is -1.42. The third-order valence-corrected chi connectivity index (χ3v) is 4.38. The second kappa shape index (κ2) is 10.4. The van der Waals surface area contributed by atoms with E-state index in [1.165, 1.54) is 21.3 Å². The van der Waals surface area contributed by atoms with Gasteiger partial charge >= 0.3 is 0 Å². The summed E-state index contributed by atoms with van der Waals surface area (Å²) in [5, 5.41) is 5.24. The number of ether oxygens (including phenoxy) is 3.